The molecule has 1 aromatic heterocycles. The number of carbonyl (C=O) groups is 2. The summed E-state index contributed by atoms with van der Waals surface area (Å²) in [4.78, 5) is 39.7. The van der Waals surface area contributed by atoms with Gasteiger partial charge in [-0.25, -0.2) is 14.4 Å². The van der Waals surface area contributed by atoms with Crippen LogP contribution < -0.4 is 20.3 Å². The second-order valence-corrected chi connectivity index (χ2v) is 12.4. The Kier molecular flexibility index (Phi) is 8.86. The zero-order valence-corrected chi connectivity index (χ0v) is 26.0. The molecule has 0 bridgehead atoms. The molecule has 4 saturated heterocycles. The molecule has 0 aliphatic carbocycles. The lowest BCUT2D eigenvalue weighted by atomic mass is 10.0. The molecule has 0 spiro atoms. The van der Waals surface area contributed by atoms with Gasteiger partial charge in [-0.1, -0.05) is 0 Å². The molecule has 244 valence electrons. The summed E-state index contributed by atoms with van der Waals surface area (Å²) >= 11 is 0. The Hall–Kier alpha value is -4.80. The van der Waals surface area contributed by atoms with Crippen LogP contribution in [0.1, 0.15) is 18.4 Å². The van der Waals surface area contributed by atoms with Gasteiger partial charge in [0.25, 0.3) is 0 Å². The number of hydrogen-bond acceptors (Lipinski definition) is 10. The Morgan fingerprint density at radius 1 is 1.09 bits per heavy atom. The van der Waals surface area contributed by atoms with Gasteiger partial charge in [0.2, 0.25) is 11.8 Å². The molecule has 47 heavy (non-hydrogen) atoms. The van der Waals surface area contributed by atoms with Crippen LogP contribution in [0.2, 0.25) is 0 Å². The molecular formula is C34H37FN8O4. The van der Waals surface area contributed by atoms with Gasteiger partial charge < -0.3 is 29.9 Å². The minimum atomic E-state index is -1.43. The summed E-state index contributed by atoms with van der Waals surface area (Å²) < 4.78 is 26.5. The van der Waals surface area contributed by atoms with E-state index in [1.165, 1.54) is 10.6 Å². The first-order chi connectivity index (χ1) is 22.9. The van der Waals surface area contributed by atoms with Crippen LogP contribution in [0, 0.1) is 17.2 Å². The quantitative estimate of drug-likeness (QED) is 0.378. The molecular weight excluding hydrogens is 603 g/mol. The predicted molar refractivity (Wildman–Crippen MR) is 172 cm³/mol. The maximum absolute atomic E-state index is 15.2. The van der Waals surface area contributed by atoms with Gasteiger partial charge in [-0.15, -0.1) is 0 Å². The molecule has 0 saturated carbocycles. The maximum Gasteiger partial charge on any atom is 0.228 e. The van der Waals surface area contributed by atoms with E-state index in [2.05, 4.69) is 48.6 Å². The van der Waals surface area contributed by atoms with Crippen LogP contribution >= 0.6 is 0 Å². The molecule has 13 heteroatoms. The zero-order valence-electron chi connectivity index (χ0n) is 26.0. The van der Waals surface area contributed by atoms with Crippen LogP contribution in [0.15, 0.2) is 54.7 Å². The van der Waals surface area contributed by atoms with Crippen molar-refractivity contribution in [1.82, 2.24) is 25.1 Å². The summed E-state index contributed by atoms with van der Waals surface area (Å²) in [6.45, 7) is 6.25. The van der Waals surface area contributed by atoms with E-state index in [4.69, 9.17) is 9.47 Å². The standard InChI is InChI=1S/C34H37FN8O4/c35-28-19-43(34(45)24-16-32(44)38-18-24)10-8-30(28)47-29-6-1-22(15-23(29)17-36)33-37-9-7-31(40-33)39-25-2-4-26(5-3-25)41-11-13-42(14-12-41)27-20-46-21-27/h1-7,9,15,24,27-28,30H,8,10-14,16,18-21H2,(H,38,44)(H,37,39,40)/t24?,28-,30+/m1/s1. The molecule has 4 aliphatic heterocycles. The molecule has 1 unspecified atom stereocenters. The van der Waals surface area contributed by atoms with Crippen LogP contribution in [0.4, 0.5) is 21.6 Å². The van der Waals surface area contributed by atoms with Crippen molar-refractivity contribution in [2.45, 2.75) is 31.2 Å². The largest absolute Gasteiger partial charge is 0.486 e. The highest BCUT2D eigenvalue weighted by Gasteiger charge is 2.38. The van der Waals surface area contributed by atoms with E-state index in [-0.39, 0.29) is 49.1 Å². The van der Waals surface area contributed by atoms with Crippen LogP contribution in [0.3, 0.4) is 0 Å². The Morgan fingerprint density at radius 3 is 2.57 bits per heavy atom. The third-order valence-electron chi connectivity index (χ3n) is 9.37. The van der Waals surface area contributed by atoms with Crippen molar-refractivity contribution < 1.29 is 23.5 Å². The van der Waals surface area contributed by atoms with Crippen LogP contribution in [-0.4, -0.2) is 109 Å². The number of halogens is 1. The number of nitrogens with one attached hydrogen (secondary N) is 2. The Labute approximate surface area is 272 Å². The number of piperazine rings is 1. The topological polar surface area (TPSA) is 136 Å². The Balaban J connectivity index is 0.956. The van der Waals surface area contributed by atoms with E-state index >= 15 is 4.39 Å². The summed E-state index contributed by atoms with van der Waals surface area (Å²) in [5.41, 5.74) is 2.94. The SMILES string of the molecule is N#Cc1cc(-c2nccc(Nc3ccc(N4CCN(C5COC5)CC4)cc3)n2)ccc1O[C@H]1CCN(C(=O)C2CNC(=O)C2)C[C@H]1F. The Bertz CT molecular complexity index is 1650. The predicted octanol–water partition coefficient (Wildman–Crippen LogP) is 2.73. The molecule has 2 aromatic carbocycles. The average Bonchev–Trinajstić information content (AvgIpc) is 3.51. The average molecular weight is 641 g/mol. The molecule has 3 aromatic rings. The van der Waals surface area contributed by atoms with Gasteiger partial charge in [0.15, 0.2) is 12.0 Å². The molecule has 3 atom stereocenters. The third kappa shape index (κ3) is 6.84. The second kappa shape index (κ2) is 13.5. The van der Waals surface area contributed by atoms with Crippen LogP contribution in [0.5, 0.6) is 5.75 Å². The molecule has 7 rings (SSSR count). The van der Waals surface area contributed by atoms with E-state index in [9.17, 15) is 14.9 Å². The Morgan fingerprint density at radius 2 is 1.89 bits per heavy atom. The number of piperidine rings is 1. The minimum absolute atomic E-state index is 0.113. The summed E-state index contributed by atoms with van der Waals surface area (Å²) in [5.74, 6) is 0.471. The maximum atomic E-state index is 15.2. The highest BCUT2D eigenvalue weighted by Crippen LogP contribution is 2.30. The number of anilines is 3. The number of likely N-dealkylation sites (tertiary alicyclic amines) is 1. The molecule has 5 heterocycles. The highest BCUT2D eigenvalue weighted by atomic mass is 19.1. The molecule has 2 amide bonds. The number of benzene rings is 2. The number of hydrogen-bond donors (Lipinski definition) is 2. The van der Waals surface area contributed by atoms with Crippen molar-refractivity contribution in [2.75, 3.05) is 69.2 Å². The van der Waals surface area contributed by atoms with Crippen molar-refractivity contribution >= 4 is 29.0 Å². The van der Waals surface area contributed by atoms with Crippen molar-refractivity contribution in [3.63, 3.8) is 0 Å². The molecule has 12 nitrogen and oxygen atoms in total. The summed E-state index contributed by atoms with van der Waals surface area (Å²) in [5, 5.41) is 15.9. The fourth-order valence-corrected chi connectivity index (χ4v) is 6.53. The number of nitrogens with zero attached hydrogens (tertiary/aromatic N) is 6. The zero-order chi connectivity index (χ0) is 32.3. The van der Waals surface area contributed by atoms with Crippen LogP contribution in [0.25, 0.3) is 11.4 Å². The summed E-state index contributed by atoms with van der Waals surface area (Å²) in [6.07, 6.45) is -0.166. The first-order valence-electron chi connectivity index (χ1n) is 16.1. The number of nitriles is 1. The van der Waals surface area contributed by atoms with E-state index in [0.717, 1.165) is 45.1 Å². The van der Waals surface area contributed by atoms with E-state index in [1.807, 2.05) is 12.1 Å². The van der Waals surface area contributed by atoms with Gasteiger partial charge in [-0.05, 0) is 48.5 Å². The number of ether oxygens (including phenoxy) is 2. The normalized spacial score (nSPS) is 23.5. The van der Waals surface area contributed by atoms with Gasteiger partial charge >= 0.3 is 0 Å². The monoisotopic (exact) mass is 640 g/mol. The molecule has 4 aliphatic rings. The van der Waals surface area contributed by atoms with Crippen molar-refractivity contribution in [3.8, 4) is 23.2 Å². The minimum Gasteiger partial charge on any atom is -0.486 e. The van der Waals surface area contributed by atoms with E-state index in [0.29, 0.717) is 29.8 Å². The number of amides is 2. The second-order valence-electron chi connectivity index (χ2n) is 12.4. The summed E-state index contributed by atoms with van der Waals surface area (Å²) in [6, 6.07) is 17.8. The van der Waals surface area contributed by atoms with Gasteiger partial charge in [0.1, 0.15) is 23.7 Å². The van der Waals surface area contributed by atoms with Gasteiger partial charge in [0, 0.05) is 75.2 Å². The highest BCUT2D eigenvalue weighted by molar-refractivity contribution is 5.89. The lowest BCUT2D eigenvalue weighted by Gasteiger charge is -2.43. The lowest BCUT2D eigenvalue weighted by Crippen LogP contribution is -2.56. The number of rotatable bonds is 8. The fourth-order valence-electron chi connectivity index (χ4n) is 6.53. The van der Waals surface area contributed by atoms with Crippen molar-refractivity contribution in [3.05, 3.63) is 60.3 Å². The first-order valence-corrected chi connectivity index (χ1v) is 16.1. The van der Waals surface area contributed by atoms with Gasteiger partial charge in [-0.3, -0.25) is 14.5 Å². The lowest BCUT2D eigenvalue weighted by molar-refractivity contribution is -0.139. The van der Waals surface area contributed by atoms with E-state index in [1.54, 1.807) is 30.5 Å². The van der Waals surface area contributed by atoms with Crippen molar-refractivity contribution in [1.29, 1.82) is 5.26 Å². The molecule has 2 N–H and O–H groups in total. The molecule has 4 fully saturated rings. The molecule has 0 radical (unpaired) electrons. The van der Waals surface area contributed by atoms with Crippen molar-refractivity contribution in [2.24, 2.45) is 5.92 Å². The fraction of sp³-hybridized carbons (Fsp3) is 0.441. The smallest absolute Gasteiger partial charge is 0.228 e. The number of carbonyl (C=O) groups excluding carboxylic acids is 2. The summed E-state index contributed by atoms with van der Waals surface area (Å²) in [7, 11) is 0. The van der Waals surface area contributed by atoms with Gasteiger partial charge in [-0.2, -0.15) is 5.26 Å². The number of alkyl halides is 1. The van der Waals surface area contributed by atoms with E-state index < -0.39 is 18.2 Å². The third-order valence-corrected chi connectivity index (χ3v) is 9.37. The first kappa shape index (κ1) is 30.8. The number of aromatic nitrogens is 2. The van der Waals surface area contributed by atoms with Gasteiger partial charge in [0.05, 0.1) is 37.3 Å². The van der Waals surface area contributed by atoms with Crippen LogP contribution in [-0.2, 0) is 14.3 Å².